The zero-order chi connectivity index (χ0) is 48.6. The van der Waals surface area contributed by atoms with Crippen molar-refractivity contribution in [2.45, 2.75) is 232 Å². The summed E-state index contributed by atoms with van der Waals surface area (Å²) in [4.78, 5) is 37.9. The predicted octanol–water partition coefficient (Wildman–Crippen LogP) is 18.1. The summed E-state index contributed by atoms with van der Waals surface area (Å²) in [5.41, 5.74) is 0. The van der Waals surface area contributed by atoms with Gasteiger partial charge in [-0.3, -0.25) is 14.4 Å². The van der Waals surface area contributed by atoms with Crippen LogP contribution < -0.4 is 0 Å². The zero-order valence-corrected chi connectivity index (χ0v) is 43.1. The number of carbonyl (C=O) groups excluding carboxylic acids is 3. The summed E-state index contributed by atoms with van der Waals surface area (Å²) in [6.45, 7) is 6.25. The topological polar surface area (TPSA) is 78.9 Å². The van der Waals surface area contributed by atoms with Gasteiger partial charge in [-0.05, 0) is 96.3 Å². The number of unbranched alkanes of at least 4 members (excludes halogenated alkanes) is 17. The molecule has 1 unspecified atom stereocenters. The molecule has 0 aliphatic rings. The molecule has 0 aromatic rings. The van der Waals surface area contributed by atoms with Gasteiger partial charge in [-0.25, -0.2) is 0 Å². The van der Waals surface area contributed by atoms with Crippen LogP contribution in [0.3, 0.4) is 0 Å². The van der Waals surface area contributed by atoms with Crippen LogP contribution in [-0.4, -0.2) is 37.2 Å². The lowest BCUT2D eigenvalue weighted by atomic mass is 10.1. The Bertz CT molecular complexity index is 1440. The molecule has 67 heavy (non-hydrogen) atoms. The molecule has 0 radical (unpaired) electrons. The quantitative estimate of drug-likeness (QED) is 0.0262. The van der Waals surface area contributed by atoms with E-state index in [0.717, 1.165) is 70.6 Å². The van der Waals surface area contributed by atoms with E-state index in [4.69, 9.17) is 14.2 Å². The van der Waals surface area contributed by atoms with E-state index in [1.54, 1.807) is 6.08 Å². The van der Waals surface area contributed by atoms with E-state index < -0.39 is 12.1 Å². The molecular formula is C61H98O6. The molecule has 6 nitrogen and oxygen atoms in total. The molecule has 0 N–H and O–H groups in total. The van der Waals surface area contributed by atoms with Gasteiger partial charge in [0.05, 0.1) is 6.42 Å². The monoisotopic (exact) mass is 927 g/mol. The first-order valence-electron chi connectivity index (χ1n) is 27.0. The van der Waals surface area contributed by atoms with E-state index in [2.05, 4.69) is 118 Å². The lowest BCUT2D eigenvalue weighted by Gasteiger charge is -2.18. The Morgan fingerprint density at radius 3 is 1.07 bits per heavy atom. The van der Waals surface area contributed by atoms with Crippen LogP contribution in [0.5, 0.6) is 0 Å². The average Bonchev–Trinajstić information content (AvgIpc) is 3.33. The van der Waals surface area contributed by atoms with E-state index in [0.29, 0.717) is 19.3 Å². The van der Waals surface area contributed by atoms with Crippen molar-refractivity contribution in [3.05, 3.63) is 122 Å². The lowest BCUT2D eigenvalue weighted by molar-refractivity contribution is -0.166. The molecule has 0 saturated heterocycles. The molecular weight excluding hydrogens is 829 g/mol. The maximum Gasteiger partial charge on any atom is 0.310 e. The minimum Gasteiger partial charge on any atom is -0.462 e. The first kappa shape index (κ1) is 62.8. The number of hydrogen-bond acceptors (Lipinski definition) is 6. The molecule has 0 saturated carbocycles. The van der Waals surface area contributed by atoms with Crippen LogP contribution >= 0.6 is 0 Å². The molecule has 0 aromatic heterocycles. The first-order valence-corrected chi connectivity index (χ1v) is 27.0. The van der Waals surface area contributed by atoms with Gasteiger partial charge in [0.25, 0.3) is 0 Å². The summed E-state index contributed by atoms with van der Waals surface area (Å²) >= 11 is 0. The van der Waals surface area contributed by atoms with E-state index in [1.165, 1.54) is 103 Å². The van der Waals surface area contributed by atoms with Gasteiger partial charge < -0.3 is 14.2 Å². The van der Waals surface area contributed by atoms with Gasteiger partial charge in [-0.1, -0.05) is 232 Å². The standard InChI is InChI=1S/C61H98O6/c1-4-7-10-13-16-19-22-25-27-28-29-30-31-32-34-36-39-42-45-48-51-54-60(63)66-57-58(56-65-59(62)53-50-47-44-41-38-35-24-21-18-15-12-9-6-3)67-61(64)55-52-49-46-43-40-37-33-26-23-20-17-14-11-8-5-2/h8-9,11-12,17-18,20-21,26,28-29,33,35,38,40,43-44,47,49,52,58H,4-7,10,13-16,19,22-25,27,30-32,34,36-37,39,41-42,45-46,48,50-51,53-57H2,1-3H3/b11-8-,12-9-,20-17-,21-18-,29-28-,33-26-,38-35-,43-40-,47-44-,52-49-. The van der Waals surface area contributed by atoms with Crippen molar-refractivity contribution in [2.24, 2.45) is 0 Å². The fourth-order valence-corrected chi connectivity index (χ4v) is 7.00. The fraction of sp³-hybridized carbons (Fsp3) is 0.623. The molecule has 0 bridgehead atoms. The van der Waals surface area contributed by atoms with Crippen molar-refractivity contribution in [3.8, 4) is 0 Å². The van der Waals surface area contributed by atoms with Crippen molar-refractivity contribution in [2.75, 3.05) is 13.2 Å². The fourth-order valence-electron chi connectivity index (χ4n) is 7.00. The highest BCUT2D eigenvalue weighted by Gasteiger charge is 2.19. The van der Waals surface area contributed by atoms with E-state index >= 15 is 0 Å². The van der Waals surface area contributed by atoms with E-state index in [-0.39, 0.29) is 38.0 Å². The van der Waals surface area contributed by atoms with Gasteiger partial charge in [-0.2, -0.15) is 0 Å². The molecule has 378 valence electrons. The molecule has 0 rings (SSSR count). The van der Waals surface area contributed by atoms with Crippen LogP contribution in [0.25, 0.3) is 0 Å². The number of carbonyl (C=O) groups is 3. The van der Waals surface area contributed by atoms with E-state index in [1.807, 2.05) is 18.2 Å². The minimum atomic E-state index is -0.865. The van der Waals surface area contributed by atoms with Gasteiger partial charge in [0, 0.05) is 12.8 Å². The van der Waals surface area contributed by atoms with E-state index in [9.17, 15) is 14.4 Å². The second-order valence-corrected chi connectivity index (χ2v) is 17.4. The van der Waals surface area contributed by atoms with Crippen LogP contribution in [0.15, 0.2) is 122 Å². The predicted molar refractivity (Wildman–Crippen MR) is 288 cm³/mol. The van der Waals surface area contributed by atoms with Crippen LogP contribution in [0.2, 0.25) is 0 Å². The Balaban J connectivity index is 4.51. The first-order chi connectivity index (χ1) is 33.0. The van der Waals surface area contributed by atoms with Crippen molar-refractivity contribution in [1.29, 1.82) is 0 Å². The average molecular weight is 927 g/mol. The van der Waals surface area contributed by atoms with Gasteiger partial charge in [0.15, 0.2) is 6.10 Å². The van der Waals surface area contributed by atoms with Gasteiger partial charge >= 0.3 is 17.9 Å². The Kier molecular flexibility index (Phi) is 51.0. The molecule has 0 heterocycles. The van der Waals surface area contributed by atoms with Crippen LogP contribution in [0.4, 0.5) is 0 Å². The van der Waals surface area contributed by atoms with Crippen LogP contribution in [0.1, 0.15) is 226 Å². The Morgan fingerprint density at radius 1 is 0.328 bits per heavy atom. The summed E-state index contributed by atoms with van der Waals surface area (Å²) in [5, 5.41) is 0. The molecule has 0 aliphatic carbocycles. The maximum atomic E-state index is 12.7. The van der Waals surface area contributed by atoms with Gasteiger partial charge in [0.2, 0.25) is 0 Å². The van der Waals surface area contributed by atoms with Crippen molar-refractivity contribution in [3.63, 3.8) is 0 Å². The summed E-state index contributed by atoms with van der Waals surface area (Å²) in [5.74, 6) is -1.17. The van der Waals surface area contributed by atoms with Gasteiger partial charge in [0.1, 0.15) is 13.2 Å². The molecule has 0 aromatic carbocycles. The Morgan fingerprint density at radius 2 is 0.657 bits per heavy atom. The largest absolute Gasteiger partial charge is 0.462 e. The summed E-state index contributed by atoms with van der Waals surface area (Å²) < 4.78 is 16.6. The van der Waals surface area contributed by atoms with Gasteiger partial charge in [-0.15, -0.1) is 0 Å². The highest BCUT2D eigenvalue weighted by atomic mass is 16.6. The third-order valence-electron chi connectivity index (χ3n) is 11.0. The molecule has 1 atom stereocenters. The summed E-state index contributed by atoms with van der Waals surface area (Å²) in [6.07, 6.45) is 75.2. The molecule has 0 amide bonds. The highest BCUT2D eigenvalue weighted by molar-refractivity contribution is 5.72. The minimum absolute atomic E-state index is 0.0779. The Labute approximate surface area is 412 Å². The number of hydrogen-bond donors (Lipinski definition) is 0. The van der Waals surface area contributed by atoms with Crippen molar-refractivity contribution < 1.29 is 28.6 Å². The summed E-state index contributed by atoms with van der Waals surface area (Å²) in [6, 6.07) is 0. The second-order valence-electron chi connectivity index (χ2n) is 17.4. The maximum absolute atomic E-state index is 12.7. The smallest absolute Gasteiger partial charge is 0.310 e. The molecule has 0 aliphatic heterocycles. The normalized spacial score (nSPS) is 13.1. The number of ether oxygens (including phenoxy) is 3. The van der Waals surface area contributed by atoms with Crippen LogP contribution in [-0.2, 0) is 28.6 Å². The third-order valence-corrected chi connectivity index (χ3v) is 11.0. The van der Waals surface area contributed by atoms with Crippen LogP contribution in [0, 0.1) is 0 Å². The molecule has 0 spiro atoms. The Hall–Kier alpha value is -4.19. The SMILES string of the molecule is CC/C=C\C/C=C\C/C=C\C/C=C\C/C=C\CC(=O)OC(COC(=O)CC/C=C\C/C=C\C/C=C\C/C=C\CC)COC(=O)CCCCCCCCCCC/C=C\CCCCCCCCCC. The van der Waals surface area contributed by atoms with Crippen molar-refractivity contribution in [1.82, 2.24) is 0 Å². The number of esters is 3. The second kappa shape index (κ2) is 54.4. The lowest BCUT2D eigenvalue weighted by Crippen LogP contribution is -2.30. The zero-order valence-electron chi connectivity index (χ0n) is 43.1. The summed E-state index contributed by atoms with van der Waals surface area (Å²) in [7, 11) is 0. The molecule has 6 heteroatoms. The number of rotatable bonds is 47. The molecule has 0 fully saturated rings. The third kappa shape index (κ3) is 52.6. The highest BCUT2D eigenvalue weighted by Crippen LogP contribution is 2.14. The van der Waals surface area contributed by atoms with Crippen molar-refractivity contribution >= 4 is 17.9 Å². The number of allylic oxidation sites excluding steroid dienone is 19.